The van der Waals surface area contributed by atoms with Gasteiger partial charge in [-0.2, -0.15) is 0 Å². The fourth-order valence-corrected chi connectivity index (χ4v) is 4.38. The number of carbonyl (C=O) groups is 1. The van der Waals surface area contributed by atoms with Crippen molar-refractivity contribution in [2.75, 3.05) is 6.54 Å². The molecule has 0 N–H and O–H groups in total. The van der Waals surface area contributed by atoms with Crippen LogP contribution in [0.1, 0.15) is 34.1 Å². The molecule has 0 spiro atoms. The summed E-state index contributed by atoms with van der Waals surface area (Å²) in [6.45, 7) is 0.772. The topological polar surface area (TPSA) is 33.2 Å². The smallest absolute Gasteiger partial charge is 0.266 e. The number of nitrogens with zero attached hydrogens (tertiary/aromatic N) is 2. The number of halogens is 1. The first-order valence-electron chi connectivity index (χ1n) is 8.30. The number of benzene rings is 2. The monoisotopic (exact) mass is 368 g/mol. The normalized spacial score (nSPS) is 17.0. The van der Waals surface area contributed by atoms with Crippen LogP contribution in [0.5, 0.6) is 0 Å². The van der Waals surface area contributed by atoms with Gasteiger partial charge in [0, 0.05) is 17.1 Å². The van der Waals surface area contributed by atoms with Crippen LogP contribution in [0.25, 0.3) is 10.6 Å². The third-order valence-electron chi connectivity index (χ3n) is 4.48. The van der Waals surface area contributed by atoms with Crippen LogP contribution in [-0.4, -0.2) is 22.3 Å². The van der Waals surface area contributed by atoms with Gasteiger partial charge in [0.2, 0.25) is 0 Å². The van der Waals surface area contributed by atoms with Gasteiger partial charge >= 0.3 is 0 Å². The highest BCUT2D eigenvalue weighted by Gasteiger charge is 2.31. The molecule has 3 aromatic rings. The molecule has 0 unspecified atom stereocenters. The van der Waals surface area contributed by atoms with Gasteiger partial charge in [-0.15, -0.1) is 11.3 Å². The lowest BCUT2D eigenvalue weighted by Crippen LogP contribution is -2.29. The van der Waals surface area contributed by atoms with Crippen molar-refractivity contribution in [1.29, 1.82) is 0 Å². The Hall–Kier alpha value is -2.17. The van der Waals surface area contributed by atoms with Crippen molar-refractivity contribution < 1.29 is 4.79 Å². The van der Waals surface area contributed by atoms with Crippen LogP contribution in [0.4, 0.5) is 0 Å². The number of thiazole rings is 1. The number of rotatable bonds is 3. The highest BCUT2D eigenvalue weighted by molar-refractivity contribution is 7.16. The number of amides is 1. The van der Waals surface area contributed by atoms with Gasteiger partial charge in [-0.05, 0) is 30.5 Å². The van der Waals surface area contributed by atoms with E-state index in [4.69, 9.17) is 11.6 Å². The van der Waals surface area contributed by atoms with Crippen LogP contribution in [0.2, 0.25) is 5.02 Å². The molecule has 25 heavy (non-hydrogen) atoms. The molecule has 1 saturated heterocycles. The summed E-state index contributed by atoms with van der Waals surface area (Å²) in [5, 5.41) is 1.59. The summed E-state index contributed by atoms with van der Waals surface area (Å²) in [6.07, 6.45) is 3.67. The molecule has 1 amide bonds. The van der Waals surface area contributed by atoms with Crippen LogP contribution in [0, 0.1) is 0 Å². The van der Waals surface area contributed by atoms with E-state index in [1.165, 1.54) is 11.3 Å². The van der Waals surface area contributed by atoms with E-state index < -0.39 is 0 Å². The maximum Gasteiger partial charge on any atom is 0.266 e. The maximum absolute atomic E-state index is 13.0. The quantitative estimate of drug-likeness (QED) is 0.616. The van der Waals surface area contributed by atoms with Gasteiger partial charge in [-0.3, -0.25) is 4.79 Å². The summed E-state index contributed by atoms with van der Waals surface area (Å²) < 4.78 is 0. The zero-order chi connectivity index (χ0) is 17.2. The second-order valence-electron chi connectivity index (χ2n) is 6.11. The minimum Gasteiger partial charge on any atom is -0.331 e. The molecule has 5 heteroatoms. The van der Waals surface area contributed by atoms with E-state index in [-0.39, 0.29) is 11.9 Å². The first kappa shape index (κ1) is 16.3. The molecule has 0 saturated carbocycles. The van der Waals surface area contributed by atoms with E-state index in [0.29, 0.717) is 9.90 Å². The van der Waals surface area contributed by atoms with Crippen LogP contribution in [-0.2, 0) is 0 Å². The van der Waals surface area contributed by atoms with E-state index in [9.17, 15) is 4.79 Å². The SMILES string of the molecule is O=C(c1cnc(-c2ccccc2)s1)N1CCC[C@H]1c1cccc(Cl)c1. The van der Waals surface area contributed by atoms with Gasteiger partial charge in [-0.25, -0.2) is 4.98 Å². The fourth-order valence-electron chi connectivity index (χ4n) is 3.30. The summed E-state index contributed by atoms with van der Waals surface area (Å²) in [5.41, 5.74) is 2.14. The summed E-state index contributed by atoms with van der Waals surface area (Å²) >= 11 is 7.58. The number of aromatic nitrogens is 1. The minimum absolute atomic E-state index is 0.0576. The lowest BCUT2D eigenvalue weighted by atomic mass is 10.0. The summed E-state index contributed by atoms with van der Waals surface area (Å²) in [4.78, 5) is 20.1. The van der Waals surface area contributed by atoms with E-state index in [1.54, 1.807) is 6.20 Å². The predicted octanol–water partition coefficient (Wildman–Crippen LogP) is 5.44. The molecular formula is C20H17ClN2OS. The predicted molar refractivity (Wildman–Crippen MR) is 102 cm³/mol. The molecule has 0 aliphatic carbocycles. The van der Waals surface area contributed by atoms with E-state index >= 15 is 0 Å². The number of likely N-dealkylation sites (tertiary alicyclic amines) is 1. The lowest BCUT2D eigenvalue weighted by molar-refractivity contribution is 0.0740. The molecule has 4 rings (SSSR count). The third-order valence-corrected chi connectivity index (χ3v) is 5.75. The van der Waals surface area contributed by atoms with E-state index in [1.807, 2.05) is 59.5 Å². The average Bonchev–Trinajstić information content (AvgIpc) is 3.32. The Balaban J connectivity index is 1.59. The minimum atomic E-state index is 0.0576. The van der Waals surface area contributed by atoms with Crippen LogP contribution >= 0.6 is 22.9 Å². The van der Waals surface area contributed by atoms with Crippen molar-refractivity contribution in [3.05, 3.63) is 76.3 Å². The first-order chi connectivity index (χ1) is 12.2. The van der Waals surface area contributed by atoms with Crippen molar-refractivity contribution in [3.8, 4) is 10.6 Å². The van der Waals surface area contributed by atoms with Gasteiger partial charge in [0.05, 0.1) is 12.2 Å². The third kappa shape index (κ3) is 3.32. The molecular weight excluding hydrogens is 352 g/mol. The molecule has 1 aromatic heterocycles. The first-order valence-corrected chi connectivity index (χ1v) is 9.49. The van der Waals surface area contributed by atoms with Gasteiger partial charge in [0.15, 0.2) is 0 Å². The number of hydrogen-bond donors (Lipinski definition) is 0. The Bertz CT molecular complexity index is 893. The molecule has 0 radical (unpaired) electrons. The number of carbonyl (C=O) groups excluding carboxylic acids is 1. The van der Waals surface area contributed by atoms with Crippen molar-refractivity contribution in [3.63, 3.8) is 0 Å². The molecule has 126 valence electrons. The van der Waals surface area contributed by atoms with Gasteiger partial charge in [-0.1, -0.05) is 54.1 Å². The second-order valence-corrected chi connectivity index (χ2v) is 7.57. The maximum atomic E-state index is 13.0. The van der Waals surface area contributed by atoms with Crippen molar-refractivity contribution >= 4 is 28.8 Å². The van der Waals surface area contributed by atoms with E-state index in [0.717, 1.165) is 35.5 Å². The van der Waals surface area contributed by atoms with Crippen LogP contribution in [0.3, 0.4) is 0 Å². The lowest BCUT2D eigenvalue weighted by Gasteiger charge is -2.24. The Morgan fingerprint density at radius 2 is 2.00 bits per heavy atom. The largest absolute Gasteiger partial charge is 0.331 e. The Morgan fingerprint density at radius 1 is 1.16 bits per heavy atom. The Labute approximate surface area is 155 Å². The Kier molecular flexibility index (Phi) is 4.55. The van der Waals surface area contributed by atoms with Gasteiger partial charge in [0.25, 0.3) is 5.91 Å². The van der Waals surface area contributed by atoms with Crippen molar-refractivity contribution in [2.24, 2.45) is 0 Å². The molecule has 2 aromatic carbocycles. The van der Waals surface area contributed by atoms with Gasteiger partial charge < -0.3 is 4.90 Å². The molecule has 3 nitrogen and oxygen atoms in total. The molecule has 1 aliphatic heterocycles. The highest BCUT2D eigenvalue weighted by Crippen LogP contribution is 2.35. The molecule has 1 fully saturated rings. The van der Waals surface area contributed by atoms with Crippen molar-refractivity contribution in [1.82, 2.24) is 9.88 Å². The Morgan fingerprint density at radius 3 is 2.80 bits per heavy atom. The molecule has 1 atom stereocenters. The zero-order valence-electron chi connectivity index (χ0n) is 13.6. The van der Waals surface area contributed by atoms with Crippen LogP contribution < -0.4 is 0 Å². The summed E-state index contributed by atoms with van der Waals surface area (Å²) in [6, 6.07) is 17.9. The fraction of sp³-hybridized carbons (Fsp3) is 0.200. The summed E-state index contributed by atoms with van der Waals surface area (Å²) in [5.74, 6) is 0.0576. The highest BCUT2D eigenvalue weighted by atomic mass is 35.5. The zero-order valence-corrected chi connectivity index (χ0v) is 15.1. The summed E-state index contributed by atoms with van der Waals surface area (Å²) in [7, 11) is 0. The molecule has 0 bridgehead atoms. The van der Waals surface area contributed by atoms with Gasteiger partial charge in [0.1, 0.15) is 9.88 Å². The number of hydrogen-bond acceptors (Lipinski definition) is 3. The van der Waals surface area contributed by atoms with E-state index in [2.05, 4.69) is 4.98 Å². The second kappa shape index (κ2) is 6.98. The standard InChI is InChI=1S/C20H17ClN2OS/c21-16-9-4-8-15(12-16)17-10-5-11-23(17)20(24)18-13-22-19(25-18)14-6-2-1-3-7-14/h1-4,6-9,12-13,17H,5,10-11H2/t17-/m0/s1. The molecule has 1 aliphatic rings. The van der Waals surface area contributed by atoms with Crippen molar-refractivity contribution in [2.45, 2.75) is 18.9 Å². The average molecular weight is 369 g/mol. The molecule has 2 heterocycles. The van der Waals surface area contributed by atoms with Crippen LogP contribution in [0.15, 0.2) is 60.8 Å².